The third-order valence-corrected chi connectivity index (χ3v) is 3.32. The maximum absolute atomic E-state index is 11.2. The van der Waals surface area contributed by atoms with Gasteiger partial charge in [0.25, 0.3) is 5.91 Å². The van der Waals surface area contributed by atoms with E-state index in [-0.39, 0.29) is 11.3 Å². The van der Waals surface area contributed by atoms with E-state index in [0.29, 0.717) is 11.7 Å². The van der Waals surface area contributed by atoms with Crippen LogP contribution in [-0.4, -0.2) is 15.9 Å². The van der Waals surface area contributed by atoms with E-state index in [1.807, 2.05) is 5.38 Å². The van der Waals surface area contributed by atoms with Gasteiger partial charge >= 0.3 is 0 Å². The van der Waals surface area contributed by atoms with Crippen molar-refractivity contribution in [3.8, 4) is 0 Å². The zero-order valence-electron chi connectivity index (χ0n) is 10.7. The number of pyridine rings is 1. The molecule has 2 heterocycles. The molecule has 100 valence electrons. The summed E-state index contributed by atoms with van der Waals surface area (Å²) in [5.74, 6) is 0.282. The molecule has 1 amide bonds. The summed E-state index contributed by atoms with van der Waals surface area (Å²) in [6.07, 6.45) is 1.40. The molecule has 0 radical (unpaired) electrons. The lowest BCUT2D eigenvalue weighted by atomic mass is 10.2. The minimum atomic E-state index is -0.579. The van der Waals surface area contributed by atoms with Crippen LogP contribution in [0.25, 0.3) is 0 Å². The largest absolute Gasteiger partial charge is 0.397 e. The number of amides is 1. The average Bonchev–Trinajstić information content (AvgIpc) is 2.80. The number of hydrogen-bond donors (Lipinski definition) is 3. The minimum Gasteiger partial charge on any atom is -0.397 e. The van der Waals surface area contributed by atoms with Gasteiger partial charge in [-0.25, -0.2) is 9.97 Å². The number of nitrogen functional groups attached to an aromatic ring is 1. The number of hydrogen-bond acceptors (Lipinski definition) is 6. The quantitative estimate of drug-likeness (QED) is 0.793. The molecule has 19 heavy (non-hydrogen) atoms. The van der Waals surface area contributed by atoms with Crippen LogP contribution in [0.3, 0.4) is 0 Å². The Hall–Kier alpha value is -2.15. The molecule has 0 bridgehead atoms. The van der Waals surface area contributed by atoms with Crippen LogP contribution >= 0.6 is 11.3 Å². The zero-order chi connectivity index (χ0) is 14.0. The van der Waals surface area contributed by atoms with Crippen molar-refractivity contribution in [1.82, 2.24) is 9.97 Å². The van der Waals surface area contributed by atoms with Crippen molar-refractivity contribution >= 4 is 33.9 Å². The van der Waals surface area contributed by atoms with Gasteiger partial charge in [-0.3, -0.25) is 4.79 Å². The molecule has 6 nitrogen and oxygen atoms in total. The molecule has 2 aromatic heterocycles. The SMILES string of the molecule is CC(C)c1csc(Nc2cc(C(N)=O)c(N)cn2)n1. The number of primary amides is 1. The zero-order valence-corrected chi connectivity index (χ0v) is 11.5. The summed E-state index contributed by atoms with van der Waals surface area (Å²) in [4.78, 5) is 19.7. The molecule has 0 saturated carbocycles. The number of carbonyl (C=O) groups is 1. The van der Waals surface area contributed by atoms with E-state index in [1.165, 1.54) is 23.6 Å². The van der Waals surface area contributed by atoms with Crippen LogP contribution in [0.4, 0.5) is 16.6 Å². The van der Waals surface area contributed by atoms with E-state index in [1.54, 1.807) is 0 Å². The molecular weight excluding hydrogens is 262 g/mol. The lowest BCUT2D eigenvalue weighted by Gasteiger charge is -2.05. The van der Waals surface area contributed by atoms with Crippen LogP contribution < -0.4 is 16.8 Å². The highest BCUT2D eigenvalue weighted by Crippen LogP contribution is 2.24. The third kappa shape index (κ3) is 3.00. The summed E-state index contributed by atoms with van der Waals surface area (Å²) < 4.78 is 0. The molecule has 0 spiro atoms. The summed E-state index contributed by atoms with van der Waals surface area (Å²) >= 11 is 1.48. The van der Waals surface area contributed by atoms with Crippen molar-refractivity contribution in [1.29, 1.82) is 0 Å². The molecule has 7 heteroatoms. The highest BCUT2D eigenvalue weighted by atomic mass is 32.1. The second-order valence-electron chi connectivity index (χ2n) is 4.38. The molecule has 0 saturated heterocycles. The Morgan fingerprint density at radius 1 is 1.47 bits per heavy atom. The molecule has 0 atom stereocenters. The van der Waals surface area contributed by atoms with Crippen molar-refractivity contribution in [2.75, 3.05) is 11.1 Å². The third-order valence-electron chi connectivity index (χ3n) is 2.55. The van der Waals surface area contributed by atoms with Crippen molar-refractivity contribution in [3.63, 3.8) is 0 Å². The Kier molecular flexibility index (Phi) is 3.66. The van der Waals surface area contributed by atoms with E-state index < -0.39 is 5.91 Å². The predicted octanol–water partition coefficient (Wildman–Crippen LogP) is 2.09. The second-order valence-corrected chi connectivity index (χ2v) is 5.24. The first-order valence-electron chi connectivity index (χ1n) is 5.75. The van der Waals surface area contributed by atoms with Gasteiger partial charge in [-0.2, -0.15) is 0 Å². The molecule has 0 aliphatic rings. The molecule has 2 rings (SSSR count). The first-order valence-corrected chi connectivity index (χ1v) is 6.63. The van der Waals surface area contributed by atoms with E-state index in [4.69, 9.17) is 11.5 Å². The minimum absolute atomic E-state index is 0.248. The average molecular weight is 277 g/mol. The monoisotopic (exact) mass is 277 g/mol. The van der Waals surface area contributed by atoms with Crippen LogP contribution in [0.1, 0.15) is 35.8 Å². The van der Waals surface area contributed by atoms with Crippen molar-refractivity contribution in [3.05, 3.63) is 28.9 Å². The fourth-order valence-electron chi connectivity index (χ4n) is 1.47. The number of carbonyl (C=O) groups excluding carboxylic acids is 1. The second kappa shape index (κ2) is 5.23. The van der Waals surface area contributed by atoms with Crippen LogP contribution in [0, 0.1) is 0 Å². The number of thiazole rings is 1. The lowest BCUT2D eigenvalue weighted by Crippen LogP contribution is -2.14. The Morgan fingerprint density at radius 3 is 2.79 bits per heavy atom. The van der Waals surface area contributed by atoms with Gasteiger partial charge in [0.1, 0.15) is 5.82 Å². The normalized spacial score (nSPS) is 10.7. The molecule has 2 aromatic rings. The van der Waals surface area contributed by atoms with Gasteiger partial charge in [0, 0.05) is 5.38 Å². The summed E-state index contributed by atoms with van der Waals surface area (Å²) in [6, 6.07) is 1.52. The van der Waals surface area contributed by atoms with Crippen LogP contribution in [-0.2, 0) is 0 Å². The van der Waals surface area contributed by atoms with Crippen molar-refractivity contribution < 1.29 is 4.79 Å². The van der Waals surface area contributed by atoms with Gasteiger partial charge in [-0.15, -0.1) is 11.3 Å². The molecular formula is C12H15N5OS. The Balaban J connectivity index is 2.23. The number of nitrogens with zero attached hydrogens (tertiary/aromatic N) is 2. The standard InChI is InChI=1S/C12H15N5OS/c1-6(2)9-5-19-12(16-9)17-10-3-7(11(14)18)8(13)4-15-10/h3-6H,13H2,1-2H3,(H2,14,18)(H,15,16,17). The van der Waals surface area contributed by atoms with Crippen LogP contribution in [0.5, 0.6) is 0 Å². The smallest absolute Gasteiger partial charge is 0.250 e. The number of anilines is 3. The Labute approximate surface area is 114 Å². The molecule has 5 N–H and O–H groups in total. The highest BCUT2D eigenvalue weighted by molar-refractivity contribution is 7.13. The maximum atomic E-state index is 11.2. The van der Waals surface area contributed by atoms with E-state index in [9.17, 15) is 4.79 Å². The molecule has 0 unspecified atom stereocenters. The van der Waals surface area contributed by atoms with Crippen LogP contribution in [0.2, 0.25) is 0 Å². The van der Waals surface area contributed by atoms with Gasteiger partial charge in [-0.1, -0.05) is 13.8 Å². The molecule has 0 fully saturated rings. The molecule has 0 aliphatic carbocycles. The van der Waals surface area contributed by atoms with Gasteiger partial charge in [0.15, 0.2) is 5.13 Å². The summed E-state index contributed by atoms with van der Waals surface area (Å²) in [6.45, 7) is 4.15. The number of aromatic nitrogens is 2. The van der Waals surface area contributed by atoms with E-state index in [2.05, 4.69) is 29.1 Å². The van der Waals surface area contributed by atoms with Gasteiger partial charge < -0.3 is 16.8 Å². The fraction of sp³-hybridized carbons (Fsp3) is 0.250. The van der Waals surface area contributed by atoms with Gasteiger partial charge in [-0.05, 0) is 12.0 Å². The van der Waals surface area contributed by atoms with Gasteiger partial charge in [0.2, 0.25) is 0 Å². The predicted molar refractivity (Wildman–Crippen MR) is 76.7 cm³/mol. The van der Waals surface area contributed by atoms with E-state index in [0.717, 1.165) is 10.8 Å². The lowest BCUT2D eigenvalue weighted by molar-refractivity contribution is 0.100. The Bertz CT molecular complexity index is 608. The summed E-state index contributed by atoms with van der Waals surface area (Å²) in [5, 5.41) is 5.74. The first-order chi connectivity index (χ1) is 8.97. The molecule has 0 aliphatic heterocycles. The van der Waals surface area contributed by atoms with Crippen LogP contribution in [0.15, 0.2) is 17.6 Å². The summed E-state index contributed by atoms with van der Waals surface area (Å²) in [7, 11) is 0. The number of rotatable bonds is 4. The number of nitrogens with two attached hydrogens (primary N) is 2. The Morgan fingerprint density at radius 2 is 2.21 bits per heavy atom. The van der Waals surface area contributed by atoms with Crippen molar-refractivity contribution in [2.45, 2.75) is 19.8 Å². The van der Waals surface area contributed by atoms with E-state index >= 15 is 0 Å². The first kappa shape index (κ1) is 13.3. The summed E-state index contributed by atoms with van der Waals surface area (Å²) in [5.41, 5.74) is 12.4. The fourth-order valence-corrected chi connectivity index (χ4v) is 2.34. The molecule has 0 aromatic carbocycles. The van der Waals surface area contributed by atoms with Crippen molar-refractivity contribution in [2.24, 2.45) is 5.73 Å². The maximum Gasteiger partial charge on any atom is 0.250 e. The van der Waals surface area contributed by atoms with Gasteiger partial charge in [0.05, 0.1) is 23.1 Å². The topological polar surface area (TPSA) is 107 Å². The highest BCUT2D eigenvalue weighted by Gasteiger charge is 2.10. The number of nitrogens with one attached hydrogen (secondary N) is 1.